The molecule has 0 aliphatic rings. The zero-order valence-electron chi connectivity index (χ0n) is 9.26. The zero-order valence-corrected chi connectivity index (χ0v) is 9.26. The minimum absolute atomic E-state index is 0.632. The van der Waals surface area contributed by atoms with Crippen molar-refractivity contribution >= 4 is 0 Å². The van der Waals surface area contributed by atoms with Gasteiger partial charge in [-0.15, -0.1) is 0 Å². The van der Waals surface area contributed by atoms with Crippen molar-refractivity contribution in [2.45, 2.75) is 33.6 Å². The molecule has 78 valence electrons. The van der Waals surface area contributed by atoms with Crippen LogP contribution < -0.4 is 5.90 Å². The van der Waals surface area contributed by atoms with Gasteiger partial charge >= 0.3 is 0 Å². The summed E-state index contributed by atoms with van der Waals surface area (Å²) in [6.07, 6.45) is 2.04. The zero-order chi connectivity index (χ0) is 10.6. The lowest BCUT2D eigenvalue weighted by molar-refractivity contribution is 0.135. The highest BCUT2D eigenvalue weighted by Gasteiger charge is 2.03. The third kappa shape index (κ3) is 2.82. The molecule has 1 aromatic carbocycles. The monoisotopic (exact) mass is 193 g/mol. The first-order valence-electron chi connectivity index (χ1n) is 5.03. The van der Waals surface area contributed by atoms with Crippen molar-refractivity contribution in [1.82, 2.24) is 0 Å². The number of hydrogen-bond acceptors (Lipinski definition) is 2. The van der Waals surface area contributed by atoms with Crippen LogP contribution >= 0.6 is 0 Å². The van der Waals surface area contributed by atoms with Crippen LogP contribution in [-0.4, -0.2) is 6.61 Å². The van der Waals surface area contributed by atoms with Crippen LogP contribution in [0.4, 0.5) is 0 Å². The summed E-state index contributed by atoms with van der Waals surface area (Å²) in [5.74, 6) is 4.99. The molecule has 2 heteroatoms. The Bertz CT molecular complexity index is 284. The van der Waals surface area contributed by atoms with E-state index in [0.717, 1.165) is 12.8 Å². The van der Waals surface area contributed by atoms with Crippen LogP contribution in [0.2, 0.25) is 0 Å². The average Bonchev–Trinajstić information content (AvgIpc) is 2.09. The van der Waals surface area contributed by atoms with E-state index in [1.165, 1.54) is 22.3 Å². The van der Waals surface area contributed by atoms with Gasteiger partial charge in [0.2, 0.25) is 0 Å². The summed E-state index contributed by atoms with van der Waals surface area (Å²) >= 11 is 0. The lowest BCUT2D eigenvalue weighted by Gasteiger charge is -2.10. The van der Waals surface area contributed by atoms with Crippen molar-refractivity contribution in [3.8, 4) is 0 Å². The first kappa shape index (κ1) is 11.2. The van der Waals surface area contributed by atoms with Crippen LogP contribution in [0.25, 0.3) is 0 Å². The Balaban J connectivity index is 2.75. The van der Waals surface area contributed by atoms with Crippen molar-refractivity contribution < 1.29 is 4.84 Å². The largest absolute Gasteiger partial charge is 0.305 e. The molecule has 14 heavy (non-hydrogen) atoms. The first-order chi connectivity index (χ1) is 6.65. The van der Waals surface area contributed by atoms with E-state index in [1.54, 1.807) is 0 Å². The lowest BCUT2D eigenvalue weighted by atomic mass is 9.96. The maximum Gasteiger partial charge on any atom is 0.0682 e. The quantitative estimate of drug-likeness (QED) is 0.589. The molecular weight excluding hydrogens is 174 g/mol. The molecule has 0 aromatic heterocycles. The Labute approximate surface area is 86.0 Å². The van der Waals surface area contributed by atoms with Gasteiger partial charge in [0, 0.05) is 0 Å². The molecular formula is C12H19NO. The average molecular weight is 193 g/mol. The minimum Gasteiger partial charge on any atom is -0.305 e. The number of rotatable bonds is 4. The van der Waals surface area contributed by atoms with Crippen LogP contribution in [0.1, 0.15) is 28.7 Å². The van der Waals surface area contributed by atoms with Gasteiger partial charge in [0.05, 0.1) is 6.61 Å². The van der Waals surface area contributed by atoms with Crippen molar-refractivity contribution in [3.63, 3.8) is 0 Å². The Morgan fingerprint density at radius 3 is 2.21 bits per heavy atom. The predicted octanol–water partition coefficient (Wildman–Crippen LogP) is 2.43. The summed E-state index contributed by atoms with van der Waals surface area (Å²) < 4.78 is 0. The molecule has 0 saturated heterocycles. The molecule has 2 N–H and O–H groups in total. The van der Waals surface area contributed by atoms with Crippen molar-refractivity contribution in [1.29, 1.82) is 0 Å². The molecule has 0 bridgehead atoms. The second kappa shape index (κ2) is 5.13. The number of hydrogen-bond donors (Lipinski definition) is 1. The fourth-order valence-electron chi connectivity index (χ4n) is 1.94. The van der Waals surface area contributed by atoms with E-state index in [9.17, 15) is 0 Å². The smallest absolute Gasteiger partial charge is 0.0682 e. The van der Waals surface area contributed by atoms with Crippen molar-refractivity contribution in [2.24, 2.45) is 5.90 Å². The maximum absolute atomic E-state index is 4.99. The Hall–Kier alpha value is -0.860. The van der Waals surface area contributed by atoms with E-state index in [0.29, 0.717) is 6.61 Å². The maximum atomic E-state index is 4.99. The highest BCUT2D eigenvalue weighted by Crippen LogP contribution is 2.17. The van der Waals surface area contributed by atoms with Crippen molar-refractivity contribution in [2.75, 3.05) is 6.61 Å². The van der Waals surface area contributed by atoms with E-state index < -0.39 is 0 Å². The van der Waals surface area contributed by atoms with E-state index >= 15 is 0 Å². The van der Waals surface area contributed by atoms with E-state index in [2.05, 4.69) is 37.7 Å². The Kier molecular flexibility index (Phi) is 4.11. The third-order valence-electron chi connectivity index (χ3n) is 2.53. The molecule has 0 saturated carbocycles. The summed E-state index contributed by atoms with van der Waals surface area (Å²) in [6, 6.07) is 4.46. The summed E-state index contributed by atoms with van der Waals surface area (Å²) in [5.41, 5.74) is 5.52. The number of nitrogens with two attached hydrogens (primary N) is 1. The highest BCUT2D eigenvalue weighted by atomic mass is 16.6. The molecule has 0 amide bonds. The van der Waals surface area contributed by atoms with Crippen molar-refractivity contribution in [3.05, 3.63) is 34.4 Å². The van der Waals surface area contributed by atoms with Crippen LogP contribution in [0.15, 0.2) is 12.1 Å². The van der Waals surface area contributed by atoms with Gasteiger partial charge in [-0.2, -0.15) is 0 Å². The topological polar surface area (TPSA) is 35.2 Å². The molecule has 1 aromatic rings. The third-order valence-corrected chi connectivity index (χ3v) is 2.53. The summed E-state index contributed by atoms with van der Waals surface area (Å²) in [4.78, 5) is 4.57. The normalized spacial score (nSPS) is 10.6. The highest BCUT2D eigenvalue weighted by molar-refractivity contribution is 5.37. The fourth-order valence-corrected chi connectivity index (χ4v) is 1.94. The molecule has 2 nitrogen and oxygen atoms in total. The van der Waals surface area contributed by atoms with Gasteiger partial charge in [0.25, 0.3) is 0 Å². The second-order valence-electron chi connectivity index (χ2n) is 3.85. The van der Waals surface area contributed by atoms with Gasteiger partial charge in [-0.05, 0) is 50.3 Å². The van der Waals surface area contributed by atoms with Crippen LogP contribution in [-0.2, 0) is 11.3 Å². The standard InChI is InChI=1S/C12H19NO/c1-9-7-10(2)12(11(3)8-9)5-4-6-14-13/h7-8H,4-6,13H2,1-3H3. The minimum atomic E-state index is 0.632. The molecule has 0 heterocycles. The Morgan fingerprint density at radius 2 is 1.71 bits per heavy atom. The van der Waals surface area contributed by atoms with E-state index in [4.69, 9.17) is 5.90 Å². The van der Waals surface area contributed by atoms with Gasteiger partial charge in [-0.1, -0.05) is 17.7 Å². The van der Waals surface area contributed by atoms with Crippen LogP contribution in [0.5, 0.6) is 0 Å². The molecule has 0 unspecified atom stereocenters. The van der Waals surface area contributed by atoms with Gasteiger partial charge in [0.15, 0.2) is 0 Å². The van der Waals surface area contributed by atoms with Gasteiger partial charge in [-0.25, -0.2) is 5.90 Å². The fraction of sp³-hybridized carbons (Fsp3) is 0.500. The first-order valence-corrected chi connectivity index (χ1v) is 5.03. The SMILES string of the molecule is Cc1cc(C)c(CCCON)c(C)c1. The second-order valence-corrected chi connectivity index (χ2v) is 3.85. The molecule has 0 aliphatic carbocycles. The molecule has 0 fully saturated rings. The molecule has 0 spiro atoms. The summed E-state index contributed by atoms with van der Waals surface area (Å²) in [7, 11) is 0. The van der Waals surface area contributed by atoms with Crippen LogP contribution in [0.3, 0.4) is 0 Å². The summed E-state index contributed by atoms with van der Waals surface area (Å²) in [5, 5.41) is 0. The molecule has 0 aliphatic heterocycles. The van der Waals surface area contributed by atoms with E-state index in [1.807, 2.05) is 0 Å². The van der Waals surface area contributed by atoms with Gasteiger partial charge in [0.1, 0.15) is 0 Å². The Morgan fingerprint density at radius 1 is 1.14 bits per heavy atom. The number of aryl methyl sites for hydroxylation is 3. The molecule has 1 rings (SSSR count). The summed E-state index contributed by atoms with van der Waals surface area (Å²) in [6.45, 7) is 7.09. The van der Waals surface area contributed by atoms with Gasteiger partial charge in [-0.3, -0.25) is 0 Å². The predicted molar refractivity (Wildman–Crippen MR) is 59.1 cm³/mol. The molecule has 0 atom stereocenters. The van der Waals surface area contributed by atoms with Crippen LogP contribution in [0, 0.1) is 20.8 Å². The number of benzene rings is 1. The van der Waals surface area contributed by atoms with E-state index in [-0.39, 0.29) is 0 Å². The molecule has 0 radical (unpaired) electrons. The lowest BCUT2D eigenvalue weighted by Crippen LogP contribution is -2.03. The van der Waals surface area contributed by atoms with Gasteiger partial charge < -0.3 is 4.84 Å².